The SMILES string of the molecule is CC(C)(C)OC(=O)N1C[C@@H](Oc2ccc(F)cc2Cl)C[C@H]1C(=O)O. The lowest BCUT2D eigenvalue weighted by atomic mass is 10.2. The smallest absolute Gasteiger partial charge is 0.411 e. The van der Waals surface area contributed by atoms with Crippen molar-refractivity contribution in [3.63, 3.8) is 0 Å². The number of carbonyl (C=O) groups is 2. The molecule has 0 aliphatic carbocycles. The van der Waals surface area contributed by atoms with Crippen LogP contribution in [0.2, 0.25) is 5.02 Å². The Bertz CT molecular complexity index is 646. The molecule has 1 aromatic carbocycles. The first-order chi connectivity index (χ1) is 11.1. The number of aliphatic carboxylic acids is 1. The first-order valence-corrected chi connectivity index (χ1v) is 7.79. The van der Waals surface area contributed by atoms with Gasteiger partial charge in [-0.2, -0.15) is 0 Å². The molecule has 1 fully saturated rings. The highest BCUT2D eigenvalue weighted by Gasteiger charge is 2.42. The molecule has 1 aromatic rings. The number of halogens is 2. The van der Waals surface area contributed by atoms with Crippen molar-refractivity contribution in [3.05, 3.63) is 29.0 Å². The molecule has 0 radical (unpaired) electrons. The van der Waals surface area contributed by atoms with E-state index in [0.29, 0.717) is 0 Å². The summed E-state index contributed by atoms with van der Waals surface area (Å²) in [6.45, 7) is 5.13. The molecule has 1 amide bonds. The fraction of sp³-hybridized carbons (Fsp3) is 0.500. The van der Waals surface area contributed by atoms with Gasteiger partial charge in [-0.15, -0.1) is 0 Å². The zero-order chi connectivity index (χ0) is 18.1. The van der Waals surface area contributed by atoms with E-state index in [0.717, 1.165) is 11.0 Å². The predicted octanol–water partition coefficient (Wildman–Crippen LogP) is 3.32. The number of hydrogen-bond donors (Lipinski definition) is 1. The summed E-state index contributed by atoms with van der Waals surface area (Å²) in [6, 6.07) is 2.61. The zero-order valence-corrected chi connectivity index (χ0v) is 14.3. The Hall–Kier alpha value is -2.02. The number of carbonyl (C=O) groups excluding carboxylic acids is 1. The molecule has 24 heavy (non-hydrogen) atoms. The average molecular weight is 360 g/mol. The van der Waals surface area contributed by atoms with Crippen molar-refractivity contribution in [2.24, 2.45) is 0 Å². The van der Waals surface area contributed by atoms with Crippen LogP contribution < -0.4 is 4.74 Å². The van der Waals surface area contributed by atoms with Gasteiger partial charge >= 0.3 is 12.1 Å². The second kappa shape index (κ2) is 6.84. The van der Waals surface area contributed by atoms with E-state index in [1.54, 1.807) is 20.8 Å². The fourth-order valence-electron chi connectivity index (χ4n) is 2.39. The van der Waals surface area contributed by atoms with E-state index >= 15 is 0 Å². The maximum Gasteiger partial charge on any atom is 0.411 e. The van der Waals surface area contributed by atoms with Crippen LogP contribution >= 0.6 is 11.6 Å². The van der Waals surface area contributed by atoms with Crippen molar-refractivity contribution in [3.8, 4) is 5.75 Å². The van der Waals surface area contributed by atoms with Gasteiger partial charge < -0.3 is 14.6 Å². The van der Waals surface area contributed by atoms with E-state index in [2.05, 4.69) is 0 Å². The van der Waals surface area contributed by atoms with Crippen molar-refractivity contribution in [1.29, 1.82) is 0 Å². The molecular weight excluding hydrogens is 341 g/mol. The van der Waals surface area contributed by atoms with Crippen molar-refractivity contribution >= 4 is 23.7 Å². The van der Waals surface area contributed by atoms with E-state index in [4.69, 9.17) is 21.1 Å². The molecule has 8 heteroatoms. The van der Waals surface area contributed by atoms with E-state index in [1.165, 1.54) is 12.1 Å². The minimum Gasteiger partial charge on any atom is -0.487 e. The summed E-state index contributed by atoms with van der Waals surface area (Å²) >= 11 is 5.91. The highest BCUT2D eigenvalue weighted by Crippen LogP contribution is 2.30. The summed E-state index contributed by atoms with van der Waals surface area (Å²) in [5.41, 5.74) is -0.737. The number of ether oxygens (including phenoxy) is 2. The lowest BCUT2D eigenvalue weighted by Crippen LogP contribution is -2.43. The third kappa shape index (κ3) is 4.50. The van der Waals surface area contributed by atoms with Gasteiger partial charge in [-0.3, -0.25) is 4.90 Å². The molecule has 2 rings (SSSR count). The molecule has 0 unspecified atom stereocenters. The van der Waals surface area contributed by atoms with Crippen LogP contribution in [-0.4, -0.2) is 46.4 Å². The molecule has 1 aliphatic rings. The van der Waals surface area contributed by atoms with Gasteiger partial charge in [0.15, 0.2) is 0 Å². The standard InChI is InChI=1S/C16H19ClFNO5/c1-16(2,3)24-15(22)19-8-10(7-12(19)14(20)21)23-13-5-4-9(18)6-11(13)17/h4-6,10,12H,7-8H2,1-3H3,(H,20,21)/t10-,12-/m0/s1. The van der Waals surface area contributed by atoms with Crippen LogP contribution in [0.1, 0.15) is 27.2 Å². The molecule has 132 valence electrons. The average Bonchev–Trinajstić information content (AvgIpc) is 2.84. The van der Waals surface area contributed by atoms with E-state index in [-0.39, 0.29) is 23.7 Å². The number of rotatable bonds is 3. The summed E-state index contributed by atoms with van der Waals surface area (Å²) in [5, 5.41) is 9.41. The molecule has 1 aliphatic heterocycles. The highest BCUT2D eigenvalue weighted by atomic mass is 35.5. The topological polar surface area (TPSA) is 76.1 Å². The number of hydrogen-bond acceptors (Lipinski definition) is 4. The maximum atomic E-state index is 13.1. The Balaban J connectivity index is 2.11. The Morgan fingerprint density at radius 1 is 1.38 bits per heavy atom. The van der Waals surface area contributed by atoms with Gasteiger partial charge in [0.25, 0.3) is 0 Å². The molecular formula is C16H19ClFNO5. The number of likely N-dealkylation sites (tertiary alicyclic amines) is 1. The van der Waals surface area contributed by atoms with E-state index in [9.17, 15) is 19.1 Å². The van der Waals surface area contributed by atoms with Crippen LogP contribution in [0.15, 0.2) is 18.2 Å². The van der Waals surface area contributed by atoms with Gasteiger partial charge in [0.05, 0.1) is 11.6 Å². The normalized spacial score (nSPS) is 20.8. The Morgan fingerprint density at radius 2 is 2.04 bits per heavy atom. The summed E-state index contributed by atoms with van der Waals surface area (Å²) in [5.74, 6) is -1.41. The Kier molecular flexibility index (Phi) is 5.22. The maximum absolute atomic E-state index is 13.1. The van der Waals surface area contributed by atoms with Crippen molar-refractivity contribution in [2.75, 3.05) is 6.54 Å². The molecule has 1 saturated heterocycles. The zero-order valence-electron chi connectivity index (χ0n) is 13.6. The van der Waals surface area contributed by atoms with Crippen molar-refractivity contribution in [2.45, 2.75) is 44.9 Å². The van der Waals surface area contributed by atoms with Crippen molar-refractivity contribution < 1.29 is 28.6 Å². The van der Waals surface area contributed by atoms with Crippen molar-refractivity contribution in [1.82, 2.24) is 4.90 Å². The van der Waals surface area contributed by atoms with Crippen LogP contribution in [0.3, 0.4) is 0 Å². The lowest BCUT2D eigenvalue weighted by molar-refractivity contribution is -0.142. The van der Waals surface area contributed by atoms with Gasteiger partial charge in [-0.25, -0.2) is 14.0 Å². The minimum absolute atomic E-state index is 0.0413. The molecule has 2 atom stereocenters. The molecule has 6 nitrogen and oxygen atoms in total. The number of benzene rings is 1. The Labute approximate surface area is 144 Å². The first kappa shape index (κ1) is 18.3. The number of carboxylic acid groups (broad SMARTS) is 1. The Morgan fingerprint density at radius 3 is 2.58 bits per heavy atom. The first-order valence-electron chi connectivity index (χ1n) is 7.41. The fourth-order valence-corrected chi connectivity index (χ4v) is 2.60. The van der Waals surface area contributed by atoms with Gasteiger partial charge in [-0.05, 0) is 39.0 Å². The van der Waals surface area contributed by atoms with Gasteiger partial charge in [-0.1, -0.05) is 11.6 Å². The minimum atomic E-state index is -1.14. The number of carboxylic acids is 1. The largest absolute Gasteiger partial charge is 0.487 e. The van der Waals surface area contributed by atoms with Crippen LogP contribution in [0.4, 0.5) is 9.18 Å². The number of nitrogens with zero attached hydrogens (tertiary/aromatic N) is 1. The summed E-state index contributed by atoms with van der Waals surface area (Å²) < 4.78 is 23.9. The molecule has 0 saturated carbocycles. The quantitative estimate of drug-likeness (QED) is 0.895. The van der Waals surface area contributed by atoms with Gasteiger partial charge in [0.1, 0.15) is 29.3 Å². The molecule has 1 heterocycles. The van der Waals surface area contributed by atoms with Crippen LogP contribution in [0, 0.1) is 5.82 Å². The van der Waals surface area contributed by atoms with Crippen LogP contribution in [0.25, 0.3) is 0 Å². The molecule has 0 spiro atoms. The van der Waals surface area contributed by atoms with E-state index < -0.39 is 35.6 Å². The molecule has 0 aromatic heterocycles. The predicted molar refractivity (Wildman–Crippen MR) is 84.8 cm³/mol. The van der Waals surface area contributed by atoms with Gasteiger partial charge in [0, 0.05) is 6.42 Å². The summed E-state index contributed by atoms with van der Waals surface area (Å²) in [6.07, 6.45) is -1.21. The second-order valence-electron chi connectivity index (χ2n) is 6.54. The monoisotopic (exact) mass is 359 g/mol. The van der Waals surface area contributed by atoms with E-state index in [1.807, 2.05) is 0 Å². The number of amides is 1. The molecule has 1 N–H and O–H groups in total. The second-order valence-corrected chi connectivity index (χ2v) is 6.94. The van der Waals surface area contributed by atoms with Crippen LogP contribution in [0.5, 0.6) is 5.75 Å². The highest BCUT2D eigenvalue weighted by molar-refractivity contribution is 6.32. The van der Waals surface area contributed by atoms with Crippen LogP contribution in [-0.2, 0) is 9.53 Å². The van der Waals surface area contributed by atoms with Gasteiger partial charge in [0.2, 0.25) is 0 Å². The third-order valence-electron chi connectivity index (χ3n) is 3.36. The summed E-state index contributed by atoms with van der Waals surface area (Å²) in [4.78, 5) is 24.7. The summed E-state index contributed by atoms with van der Waals surface area (Å²) in [7, 11) is 0. The third-order valence-corrected chi connectivity index (χ3v) is 3.66. The lowest BCUT2D eigenvalue weighted by Gasteiger charge is -2.26. The molecule has 0 bridgehead atoms.